The van der Waals surface area contributed by atoms with E-state index in [4.69, 9.17) is 4.52 Å². The summed E-state index contributed by atoms with van der Waals surface area (Å²) in [6, 6.07) is 7.02. The van der Waals surface area contributed by atoms with Crippen LogP contribution in [-0.2, 0) is 17.4 Å². The lowest BCUT2D eigenvalue weighted by Gasteiger charge is -2.19. The zero-order valence-corrected chi connectivity index (χ0v) is 19.2. The summed E-state index contributed by atoms with van der Waals surface area (Å²) < 4.78 is 19.5. The van der Waals surface area contributed by atoms with Gasteiger partial charge in [0.05, 0.1) is 0 Å². The normalized spacial score (nSPS) is 15.7. The quantitative estimate of drug-likeness (QED) is 0.357. The molecule has 0 amide bonds. The molecule has 2 N–H and O–H groups in total. The van der Waals surface area contributed by atoms with Crippen molar-refractivity contribution < 1.29 is 8.91 Å². The molecule has 2 aromatic rings. The molecule has 1 saturated carbocycles. The summed E-state index contributed by atoms with van der Waals surface area (Å²) in [5.74, 6) is 1.68. The fourth-order valence-corrected chi connectivity index (χ4v) is 2.95. The number of nitrogens with zero attached hydrogens (tertiary/aromatic N) is 3. The van der Waals surface area contributed by atoms with E-state index in [1.807, 2.05) is 39.8 Å². The van der Waals surface area contributed by atoms with Gasteiger partial charge in [0.1, 0.15) is 12.4 Å². The molecule has 1 aromatic carbocycles. The first-order valence-electron chi connectivity index (χ1n) is 9.44. The van der Waals surface area contributed by atoms with Crippen LogP contribution in [0.3, 0.4) is 0 Å². The van der Waals surface area contributed by atoms with Gasteiger partial charge in [-0.15, -0.1) is 24.0 Å². The average Bonchev–Trinajstić information content (AvgIpc) is 3.24. The molecule has 1 aromatic heterocycles. The van der Waals surface area contributed by atoms with Gasteiger partial charge in [0.25, 0.3) is 0 Å². The second-order valence-electron chi connectivity index (χ2n) is 8.07. The summed E-state index contributed by atoms with van der Waals surface area (Å²) in [7, 11) is 0. The smallest absolute Gasteiger partial charge is 0.232 e. The monoisotopic (exact) mass is 501 g/mol. The van der Waals surface area contributed by atoms with Crippen molar-refractivity contribution in [3.63, 3.8) is 0 Å². The maximum absolute atomic E-state index is 14.2. The molecule has 8 heteroatoms. The van der Waals surface area contributed by atoms with Crippen LogP contribution in [0.5, 0.6) is 0 Å². The average molecular weight is 501 g/mol. The Balaban J connectivity index is 0.00000280. The molecule has 0 bridgehead atoms. The van der Waals surface area contributed by atoms with Gasteiger partial charge in [0, 0.05) is 23.9 Å². The summed E-state index contributed by atoms with van der Waals surface area (Å²) in [5.41, 5.74) is 0.449. The zero-order valence-electron chi connectivity index (χ0n) is 16.9. The van der Waals surface area contributed by atoms with E-state index in [0.29, 0.717) is 30.8 Å². The molecule has 28 heavy (non-hydrogen) atoms. The highest BCUT2D eigenvalue weighted by molar-refractivity contribution is 14.0. The van der Waals surface area contributed by atoms with Gasteiger partial charge < -0.3 is 15.2 Å². The Morgan fingerprint density at radius 3 is 2.54 bits per heavy atom. The van der Waals surface area contributed by atoms with Crippen LogP contribution in [0.1, 0.15) is 57.8 Å². The van der Waals surface area contributed by atoms with Crippen molar-refractivity contribution in [3.8, 4) is 0 Å². The number of aromatic nitrogens is 2. The molecule has 0 saturated heterocycles. The fraction of sp³-hybridized carbons (Fsp3) is 0.550. The van der Waals surface area contributed by atoms with Gasteiger partial charge in [-0.05, 0) is 31.4 Å². The summed E-state index contributed by atoms with van der Waals surface area (Å²) in [6.45, 7) is 9.77. The minimum absolute atomic E-state index is 0. The maximum atomic E-state index is 14.2. The lowest BCUT2D eigenvalue weighted by Crippen LogP contribution is -2.41. The molecule has 1 fully saturated rings. The van der Waals surface area contributed by atoms with E-state index < -0.39 is 0 Å². The van der Waals surface area contributed by atoms with E-state index >= 15 is 0 Å². The number of guanidine groups is 1. The van der Waals surface area contributed by atoms with Crippen LogP contribution in [0.2, 0.25) is 0 Å². The number of rotatable bonds is 6. The van der Waals surface area contributed by atoms with Crippen LogP contribution >= 0.6 is 24.0 Å². The molecular formula is C20H29FIN5O. The van der Waals surface area contributed by atoms with Gasteiger partial charge in [-0.25, -0.2) is 9.38 Å². The summed E-state index contributed by atoms with van der Waals surface area (Å²) >= 11 is 0. The largest absolute Gasteiger partial charge is 0.357 e. The van der Waals surface area contributed by atoms with Crippen molar-refractivity contribution in [1.82, 2.24) is 20.8 Å². The molecule has 0 radical (unpaired) electrons. The van der Waals surface area contributed by atoms with Gasteiger partial charge in [-0.3, -0.25) is 0 Å². The summed E-state index contributed by atoms with van der Waals surface area (Å²) in [4.78, 5) is 8.95. The van der Waals surface area contributed by atoms with Crippen LogP contribution in [0, 0.1) is 5.82 Å². The Morgan fingerprint density at radius 2 is 1.96 bits per heavy atom. The second-order valence-corrected chi connectivity index (χ2v) is 8.07. The summed E-state index contributed by atoms with van der Waals surface area (Å²) in [5, 5.41) is 10.6. The molecule has 0 atom stereocenters. The topological polar surface area (TPSA) is 75.3 Å². The van der Waals surface area contributed by atoms with Crippen LogP contribution in [0.4, 0.5) is 4.39 Å². The van der Waals surface area contributed by atoms with Crippen molar-refractivity contribution in [2.24, 2.45) is 4.99 Å². The summed E-state index contributed by atoms with van der Waals surface area (Å²) in [6.07, 6.45) is 1.94. The number of nitrogens with one attached hydrogen (secondary N) is 2. The Labute approximate surface area is 182 Å². The van der Waals surface area contributed by atoms with E-state index in [-0.39, 0.29) is 40.6 Å². The molecule has 1 aliphatic carbocycles. The van der Waals surface area contributed by atoms with Gasteiger partial charge in [0.15, 0.2) is 11.8 Å². The van der Waals surface area contributed by atoms with Gasteiger partial charge >= 0.3 is 0 Å². The minimum atomic E-state index is -0.185. The Hall–Kier alpha value is -1.71. The highest BCUT2D eigenvalue weighted by Gasteiger charge is 2.45. The predicted molar refractivity (Wildman–Crippen MR) is 119 cm³/mol. The van der Waals surface area contributed by atoms with E-state index in [0.717, 1.165) is 24.9 Å². The van der Waals surface area contributed by atoms with Gasteiger partial charge in [0.2, 0.25) is 5.89 Å². The molecule has 1 heterocycles. The Morgan fingerprint density at radius 1 is 1.25 bits per heavy atom. The van der Waals surface area contributed by atoms with Gasteiger partial charge in [-0.1, -0.05) is 44.1 Å². The van der Waals surface area contributed by atoms with Crippen molar-refractivity contribution in [2.45, 2.75) is 57.9 Å². The third-order valence-electron chi connectivity index (χ3n) is 4.73. The molecule has 0 spiro atoms. The zero-order chi connectivity index (χ0) is 19.5. The Bertz CT molecular complexity index is 811. The lowest BCUT2D eigenvalue weighted by molar-refractivity contribution is 0.318. The number of aliphatic imine (C=N–C) groups is 1. The van der Waals surface area contributed by atoms with Crippen molar-refractivity contribution in [3.05, 3.63) is 47.4 Å². The van der Waals surface area contributed by atoms with E-state index in [9.17, 15) is 4.39 Å². The van der Waals surface area contributed by atoms with Crippen molar-refractivity contribution >= 4 is 29.9 Å². The fourth-order valence-electron chi connectivity index (χ4n) is 2.95. The van der Waals surface area contributed by atoms with Crippen LogP contribution in [0.15, 0.2) is 33.8 Å². The van der Waals surface area contributed by atoms with Crippen molar-refractivity contribution in [1.29, 1.82) is 0 Å². The molecule has 154 valence electrons. The molecule has 1 aliphatic rings. The SMILES string of the molecule is CCNC(=NCc1noc(C(C)(C)C)n1)NCC1(c2ccccc2F)CC1.I. The number of hydrogen-bond donors (Lipinski definition) is 2. The number of halogens is 2. The molecule has 3 rings (SSSR count). The van der Waals surface area contributed by atoms with Crippen molar-refractivity contribution in [2.75, 3.05) is 13.1 Å². The third kappa shape index (κ3) is 5.42. The maximum Gasteiger partial charge on any atom is 0.232 e. The van der Waals surface area contributed by atoms with E-state index in [1.54, 1.807) is 6.07 Å². The first kappa shape index (κ1) is 22.6. The first-order valence-corrected chi connectivity index (χ1v) is 9.44. The number of benzene rings is 1. The Kier molecular flexibility index (Phi) is 7.41. The molecule has 6 nitrogen and oxygen atoms in total. The molecular weight excluding hydrogens is 472 g/mol. The standard InChI is InChI=1S/C20H28FN5O.HI/c1-5-22-18(23-12-16-25-17(27-26-16)19(2,3)4)24-13-20(10-11-20)14-8-6-7-9-15(14)21;/h6-9H,5,10-13H2,1-4H3,(H2,22,23,24);1H. The highest BCUT2D eigenvalue weighted by atomic mass is 127. The highest BCUT2D eigenvalue weighted by Crippen LogP contribution is 2.48. The first-order chi connectivity index (χ1) is 12.8. The predicted octanol–water partition coefficient (Wildman–Crippen LogP) is 3.91. The number of hydrogen-bond acceptors (Lipinski definition) is 4. The minimum Gasteiger partial charge on any atom is -0.357 e. The molecule has 0 aliphatic heterocycles. The second kappa shape index (κ2) is 9.19. The van der Waals surface area contributed by atoms with E-state index in [2.05, 4.69) is 25.8 Å². The van der Waals surface area contributed by atoms with Crippen LogP contribution in [0.25, 0.3) is 0 Å². The van der Waals surface area contributed by atoms with Crippen LogP contribution < -0.4 is 10.6 Å². The molecule has 0 unspecified atom stereocenters. The van der Waals surface area contributed by atoms with Crippen LogP contribution in [-0.4, -0.2) is 29.2 Å². The lowest BCUT2D eigenvalue weighted by atomic mass is 9.95. The van der Waals surface area contributed by atoms with Gasteiger partial charge in [-0.2, -0.15) is 4.98 Å². The van der Waals surface area contributed by atoms with E-state index in [1.165, 1.54) is 6.07 Å². The third-order valence-corrected chi connectivity index (χ3v) is 4.73.